The molecule has 8 aromatic rings. The van der Waals surface area contributed by atoms with Crippen molar-refractivity contribution in [3.8, 4) is 0 Å². The van der Waals surface area contributed by atoms with Crippen molar-refractivity contribution in [2.45, 2.75) is 104 Å². The van der Waals surface area contributed by atoms with Crippen molar-refractivity contribution in [3.63, 3.8) is 0 Å². The third-order valence-electron chi connectivity index (χ3n) is 10.9. The fraction of sp³-hybridized carbons (Fsp3) is 0.333. The van der Waals surface area contributed by atoms with Gasteiger partial charge in [-0.1, -0.05) is 137 Å². The van der Waals surface area contributed by atoms with Gasteiger partial charge in [-0.05, 0) is 61.8 Å². The van der Waals surface area contributed by atoms with E-state index in [-0.39, 0.29) is 0 Å². The number of rotatable bonds is 17. The SMILES string of the molecule is CCCCc1nc2c(CCCCCCc3nc4ccccc4c4c3nc(CCCC)n4Cc3ccccc3)nc3ccccc3c2n1Cc1ccccc1. The molecule has 0 unspecified atom stereocenters. The molecule has 0 saturated carbocycles. The van der Waals surface area contributed by atoms with Crippen LogP contribution in [0.4, 0.5) is 0 Å². The predicted molar refractivity (Wildman–Crippen MR) is 224 cm³/mol. The summed E-state index contributed by atoms with van der Waals surface area (Å²) in [5.74, 6) is 2.35. The molecule has 0 amide bonds. The Morgan fingerprint density at radius 1 is 0.407 bits per heavy atom. The lowest BCUT2D eigenvalue weighted by molar-refractivity contribution is 0.635. The third kappa shape index (κ3) is 7.52. The minimum Gasteiger partial charge on any atom is -0.323 e. The number of pyridine rings is 2. The molecule has 0 fully saturated rings. The summed E-state index contributed by atoms with van der Waals surface area (Å²) in [6.07, 6.45) is 12.8. The number of para-hydroxylation sites is 2. The van der Waals surface area contributed by atoms with Gasteiger partial charge in [-0.3, -0.25) is 9.97 Å². The van der Waals surface area contributed by atoms with Crippen LogP contribution in [0, 0.1) is 0 Å². The highest BCUT2D eigenvalue weighted by atomic mass is 15.1. The second-order valence-electron chi connectivity index (χ2n) is 14.9. The first-order valence-electron chi connectivity index (χ1n) is 20.3. The van der Waals surface area contributed by atoms with Crippen LogP contribution in [0.5, 0.6) is 0 Å². The van der Waals surface area contributed by atoms with E-state index in [1.807, 2.05) is 0 Å². The molecule has 0 aliphatic heterocycles. The Hall–Kier alpha value is -5.36. The Balaban J connectivity index is 1.02. The van der Waals surface area contributed by atoms with Crippen molar-refractivity contribution in [1.82, 2.24) is 29.1 Å². The van der Waals surface area contributed by atoms with Crippen LogP contribution in [-0.4, -0.2) is 29.1 Å². The molecular weight excluding hydrogens is 661 g/mol. The molecule has 0 aliphatic rings. The third-order valence-corrected chi connectivity index (χ3v) is 10.9. The predicted octanol–water partition coefficient (Wildman–Crippen LogP) is 11.6. The van der Waals surface area contributed by atoms with E-state index < -0.39 is 0 Å². The lowest BCUT2D eigenvalue weighted by atomic mass is 10.0. The summed E-state index contributed by atoms with van der Waals surface area (Å²) in [6, 6.07) is 38.8. The van der Waals surface area contributed by atoms with E-state index in [0.717, 1.165) is 124 Å². The van der Waals surface area contributed by atoms with E-state index in [4.69, 9.17) is 19.9 Å². The van der Waals surface area contributed by atoms with Gasteiger partial charge >= 0.3 is 0 Å². The van der Waals surface area contributed by atoms with E-state index in [2.05, 4.69) is 132 Å². The van der Waals surface area contributed by atoms with Gasteiger partial charge in [-0.25, -0.2) is 9.97 Å². The number of aryl methyl sites for hydroxylation is 4. The van der Waals surface area contributed by atoms with Gasteiger partial charge < -0.3 is 9.13 Å². The number of nitrogens with zero attached hydrogens (tertiary/aromatic N) is 6. The summed E-state index contributed by atoms with van der Waals surface area (Å²) in [7, 11) is 0. The summed E-state index contributed by atoms with van der Waals surface area (Å²) in [6.45, 7) is 6.17. The molecule has 274 valence electrons. The highest BCUT2D eigenvalue weighted by Gasteiger charge is 2.20. The molecule has 54 heavy (non-hydrogen) atoms. The van der Waals surface area contributed by atoms with E-state index in [1.54, 1.807) is 0 Å². The second-order valence-corrected chi connectivity index (χ2v) is 14.9. The Morgan fingerprint density at radius 3 is 1.24 bits per heavy atom. The number of hydrogen-bond donors (Lipinski definition) is 0. The monoisotopic (exact) mass is 712 g/mol. The average Bonchev–Trinajstić information content (AvgIpc) is 3.76. The van der Waals surface area contributed by atoms with Gasteiger partial charge in [0.05, 0.1) is 33.5 Å². The topological polar surface area (TPSA) is 61.4 Å². The van der Waals surface area contributed by atoms with Crippen LogP contribution in [0.15, 0.2) is 109 Å². The van der Waals surface area contributed by atoms with Gasteiger partial charge in [0, 0.05) is 36.7 Å². The summed E-state index contributed by atoms with van der Waals surface area (Å²) in [5, 5.41) is 2.39. The molecule has 0 atom stereocenters. The Labute approximate surface area is 319 Å². The summed E-state index contributed by atoms with van der Waals surface area (Å²) >= 11 is 0. The van der Waals surface area contributed by atoms with E-state index in [1.165, 1.54) is 44.6 Å². The maximum atomic E-state index is 5.34. The van der Waals surface area contributed by atoms with Gasteiger partial charge in [0.25, 0.3) is 0 Å². The Bertz CT molecular complexity index is 2300. The largest absolute Gasteiger partial charge is 0.323 e. The standard InChI is InChI=1S/C48H52N6/c1-3-5-31-43-51-45-41(49-39-27-19-17-25-37(39)47(45)53(43)33-35-21-11-9-12-22-35)29-15-7-8-16-30-42-46-48(38-26-18-20-28-40(38)50-42)54(44(52-46)32-6-4-2)34-36-23-13-10-14-24-36/h9-14,17-28H,3-8,15-16,29-34H2,1-2H3. The first kappa shape index (κ1) is 35.7. The summed E-state index contributed by atoms with van der Waals surface area (Å²) < 4.78 is 4.94. The summed E-state index contributed by atoms with van der Waals surface area (Å²) in [4.78, 5) is 21.2. The average molecular weight is 713 g/mol. The molecule has 4 aromatic heterocycles. The van der Waals surface area contributed by atoms with Crippen LogP contribution in [-0.2, 0) is 38.8 Å². The van der Waals surface area contributed by atoms with Gasteiger partial charge in [-0.2, -0.15) is 0 Å². The highest BCUT2D eigenvalue weighted by molar-refractivity contribution is 6.04. The summed E-state index contributed by atoms with van der Waals surface area (Å²) in [5.41, 5.74) is 11.6. The lowest BCUT2D eigenvalue weighted by Crippen LogP contribution is -2.06. The molecule has 6 nitrogen and oxygen atoms in total. The van der Waals surface area contributed by atoms with Crippen molar-refractivity contribution in [1.29, 1.82) is 0 Å². The zero-order chi connectivity index (χ0) is 36.7. The smallest absolute Gasteiger partial charge is 0.111 e. The molecule has 0 bridgehead atoms. The fourth-order valence-corrected chi connectivity index (χ4v) is 8.10. The molecule has 0 saturated heterocycles. The number of aromatic nitrogens is 6. The molecule has 4 aromatic carbocycles. The number of imidazole rings is 2. The van der Waals surface area contributed by atoms with Crippen LogP contribution in [0.2, 0.25) is 0 Å². The molecule has 0 N–H and O–H groups in total. The Morgan fingerprint density at radius 2 is 0.815 bits per heavy atom. The molecule has 6 heteroatoms. The minimum absolute atomic E-state index is 0.824. The minimum atomic E-state index is 0.824. The Kier molecular flexibility index (Phi) is 11.1. The molecule has 0 spiro atoms. The molecule has 0 radical (unpaired) electrons. The lowest BCUT2D eigenvalue weighted by Gasteiger charge is -2.12. The maximum Gasteiger partial charge on any atom is 0.111 e. The molecule has 8 rings (SSSR count). The van der Waals surface area contributed by atoms with Crippen molar-refractivity contribution in [3.05, 3.63) is 143 Å². The first-order chi connectivity index (χ1) is 26.7. The molecular formula is C48H52N6. The number of benzene rings is 4. The van der Waals surface area contributed by atoms with Crippen molar-refractivity contribution < 1.29 is 0 Å². The van der Waals surface area contributed by atoms with Crippen LogP contribution in [0.3, 0.4) is 0 Å². The van der Waals surface area contributed by atoms with Crippen LogP contribution in [0.1, 0.15) is 99.4 Å². The van der Waals surface area contributed by atoms with Crippen LogP contribution in [0.25, 0.3) is 43.9 Å². The zero-order valence-corrected chi connectivity index (χ0v) is 32.0. The van der Waals surface area contributed by atoms with Gasteiger partial charge in [0.2, 0.25) is 0 Å². The van der Waals surface area contributed by atoms with Crippen molar-refractivity contribution >= 4 is 43.9 Å². The second kappa shape index (κ2) is 16.8. The van der Waals surface area contributed by atoms with Gasteiger partial charge in [0.1, 0.15) is 22.7 Å². The van der Waals surface area contributed by atoms with Crippen LogP contribution < -0.4 is 0 Å². The zero-order valence-electron chi connectivity index (χ0n) is 32.0. The number of unbranched alkanes of at least 4 members (excludes halogenated alkanes) is 5. The maximum absolute atomic E-state index is 5.34. The molecule has 4 heterocycles. The van der Waals surface area contributed by atoms with E-state index in [9.17, 15) is 0 Å². The van der Waals surface area contributed by atoms with Crippen LogP contribution >= 0.6 is 0 Å². The number of hydrogen-bond acceptors (Lipinski definition) is 4. The quantitative estimate of drug-likeness (QED) is 0.0882. The molecule has 0 aliphatic carbocycles. The highest BCUT2D eigenvalue weighted by Crippen LogP contribution is 2.32. The fourth-order valence-electron chi connectivity index (χ4n) is 8.10. The normalized spacial score (nSPS) is 11.8. The number of fused-ring (bicyclic) bond motifs is 6. The van der Waals surface area contributed by atoms with Crippen molar-refractivity contribution in [2.75, 3.05) is 0 Å². The van der Waals surface area contributed by atoms with Crippen molar-refractivity contribution in [2.24, 2.45) is 0 Å². The van der Waals surface area contributed by atoms with Gasteiger partial charge in [-0.15, -0.1) is 0 Å². The van der Waals surface area contributed by atoms with E-state index in [0.29, 0.717) is 0 Å². The van der Waals surface area contributed by atoms with Gasteiger partial charge in [0.15, 0.2) is 0 Å². The van der Waals surface area contributed by atoms with E-state index >= 15 is 0 Å². The first-order valence-corrected chi connectivity index (χ1v) is 20.3.